The van der Waals surface area contributed by atoms with Crippen molar-refractivity contribution in [3.05, 3.63) is 23.8 Å². The lowest BCUT2D eigenvalue weighted by Gasteiger charge is -2.25. The molecule has 0 aromatic carbocycles. The molecule has 0 fully saturated rings. The van der Waals surface area contributed by atoms with Crippen LogP contribution in [0.5, 0.6) is 0 Å². The zero-order chi connectivity index (χ0) is 13.1. The molecule has 2 unspecified atom stereocenters. The number of aromatic nitrogens is 3. The maximum atomic E-state index is 11.3. The van der Waals surface area contributed by atoms with Crippen LogP contribution in [0.1, 0.15) is 43.8 Å². The van der Waals surface area contributed by atoms with Crippen LogP contribution in [0.25, 0.3) is 0 Å². The van der Waals surface area contributed by atoms with E-state index < -0.39 is 5.97 Å². The fourth-order valence-electron chi connectivity index (χ4n) is 2.54. The minimum atomic E-state index is -0.743. The van der Waals surface area contributed by atoms with Crippen molar-refractivity contribution in [2.24, 2.45) is 5.92 Å². The summed E-state index contributed by atoms with van der Waals surface area (Å²) in [6.07, 6.45) is 6.30. The highest BCUT2D eigenvalue weighted by molar-refractivity contribution is 5.71. The molecule has 1 N–H and O–H groups in total. The molecule has 0 spiro atoms. The third kappa shape index (κ3) is 2.30. The predicted molar refractivity (Wildman–Crippen MR) is 67.3 cm³/mol. The largest absolute Gasteiger partial charge is 0.481 e. The molecule has 0 aliphatic heterocycles. The Morgan fingerprint density at radius 1 is 1.44 bits per heavy atom. The summed E-state index contributed by atoms with van der Waals surface area (Å²) < 4.78 is 2.06. The zero-order valence-corrected chi connectivity index (χ0v) is 10.8. The van der Waals surface area contributed by atoms with Crippen molar-refractivity contribution < 1.29 is 9.90 Å². The SMILES string of the molecule is CCCn1c(C)nnc1C1CC=CCC1C(=O)O. The van der Waals surface area contributed by atoms with Crippen molar-refractivity contribution in [3.8, 4) is 0 Å². The van der Waals surface area contributed by atoms with Gasteiger partial charge in [-0.25, -0.2) is 0 Å². The fourth-order valence-corrected chi connectivity index (χ4v) is 2.54. The Hall–Kier alpha value is -1.65. The zero-order valence-electron chi connectivity index (χ0n) is 10.8. The summed E-state index contributed by atoms with van der Waals surface area (Å²) in [5, 5.41) is 17.6. The summed E-state index contributed by atoms with van der Waals surface area (Å²) in [5.41, 5.74) is 0. The topological polar surface area (TPSA) is 68.0 Å². The minimum Gasteiger partial charge on any atom is -0.481 e. The van der Waals surface area contributed by atoms with Crippen molar-refractivity contribution in [1.82, 2.24) is 14.8 Å². The first-order valence-electron chi connectivity index (χ1n) is 6.42. The van der Waals surface area contributed by atoms with Crippen LogP contribution in [0.4, 0.5) is 0 Å². The highest BCUT2D eigenvalue weighted by Crippen LogP contribution is 2.34. The maximum Gasteiger partial charge on any atom is 0.307 e. The van der Waals surface area contributed by atoms with Gasteiger partial charge in [0.25, 0.3) is 0 Å². The first kappa shape index (κ1) is 12.8. The van der Waals surface area contributed by atoms with Crippen LogP contribution >= 0.6 is 0 Å². The number of carboxylic acids is 1. The smallest absolute Gasteiger partial charge is 0.307 e. The molecule has 1 heterocycles. The lowest BCUT2D eigenvalue weighted by molar-refractivity contribution is -0.142. The van der Waals surface area contributed by atoms with E-state index in [-0.39, 0.29) is 11.8 Å². The monoisotopic (exact) mass is 249 g/mol. The molecule has 5 heteroatoms. The molecule has 0 bridgehead atoms. The Morgan fingerprint density at radius 3 is 2.83 bits per heavy atom. The van der Waals surface area contributed by atoms with E-state index in [1.165, 1.54) is 0 Å². The average molecular weight is 249 g/mol. The third-order valence-corrected chi connectivity index (χ3v) is 3.49. The lowest BCUT2D eigenvalue weighted by Crippen LogP contribution is -2.26. The van der Waals surface area contributed by atoms with E-state index in [0.717, 1.165) is 31.0 Å². The fraction of sp³-hybridized carbons (Fsp3) is 0.615. The van der Waals surface area contributed by atoms with Crippen molar-refractivity contribution in [3.63, 3.8) is 0 Å². The minimum absolute atomic E-state index is 0.0553. The van der Waals surface area contributed by atoms with E-state index in [0.29, 0.717) is 6.42 Å². The number of hydrogen-bond acceptors (Lipinski definition) is 3. The molecule has 0 saturated carbocycles. The average Bonchev–Trinajstić information content (AvgIpc) is 2.72. The molecule has 1 aromatic rings. The van der Waals surface area contributed by atoms with Gasteiger partial charge in [0, 0.05) is 12.5 Å². The molecule has 0 radical (unpaired) electrons. The van der Waals surface area contributed by atoms with Gasteiger partial charge in [0.15, 0.2) is 0 Å². The van der Waals surface area contributed by atoms with Gasteiger partial charge in [-0.15, -0.1) is 10.2 Å². The van der Waals surface area contributed by atoms with Crippen LogP contribution < -0.4 is 0 Å². The Morgan fingerprint density at radius 2 is 2.17 bits per heavy atom. The first-order valence-corrected chi connectivity index (χ1v) is 6.42. The van der Waals surface area contributed by atoms with Crippen molar-refractivity contribution in [2.75, 3.05) is 0 Å². The predicted octanol–water partition coefficient (Wildman–Crippen LogP) is 2.13. The molecule has 1 aliphatic carbocycles. The molecule has 0 amide bonds. The summed E-state index contributed by atoms with van der Waals surface area (Å²) in [6, 6.07) is 0. The van der Waals surface area contributed by atoms with Gasteiger partial charge in [-0.3, -0.25) is 4.79 Å². The second-order valence-electron chi connectivity index (χ2n) is 4.75. The third-order valence-electron chi connectivity index (χ3n) is 3.49. The van der Waals surface area contributed by atoms with E-state index >= 15 is 0 Å². The van der Waals surface area contributed by atoms with Crippen LogP contribution in [0.2, 0.25) is 0 Å². The molecule has 2 rings (SSSR count). The van der Waals surface area contributed by atoms with Crippen LogP contribution in [0.15, 0.2) is 12.2 Å². The molecule has 18 heavy (non-hydrogen) atoms. The van der Waals surface area contributed by atoms with Crippen LogP contribution in [0.3, 0.4) is 0 Å². The number of carbonyl (C=O) groups is 1. The second kappa shape index (κ2) is 5.33. The van der Waals surface area contributed by atoms with Gasteiger partial charge in [0.05, 0.1) is 5.92 Å². The summed E-state index contributed by atoms with van der Waals surface area (Å²) >= 11 is 0. The number of rotatable bonds is 4. The molecule has 2 atom stereocenters. The lowest BCUT2D eigenvalue weighted by atomic mass is 9.82. The standard InChI is InChI=1S/C13H19N3O2/c1-3-8-16-9(2)14-15-12(16)10-6-4-5-7-11(10)13(17)18/h4-5,10-11H,3,6-8H2,1-2H3,(H,17,18). The number of nitrogens with zero attached hydrogens (tertiary/aromatic N) is 3. The molecule has 98 valence electrons. The second-order valence-corrected chi connectivity index (χ2v) is 4.75. The quantitative estimate of drug-likeness (QED) is 0.830. The summed E-state index contributed by atoms with van der Waals surface area (Å²) in [5.74, 6) is 0.513. The van der Waals surface area contributed by atoms with Gasteiger partial charge < -0.3 is 9.67 Å². The Bertz CT molecular complexity index is 465. The first-order chi connectivity index (χ1) is 8.65. The number of hydrogen-bond donors (Lipinski definition) is 1. The van der Waals surface area contributed by atoms with Gasteiger partial charge in [-0.2, -0.15) is 0 Å². The van der Waals surface area contributed by atoms with Crippen LogP contribution in [0, 0.1) is 12.8 Å². The Balaban J connectivity index is 2.34. The van der Waals surface area contributed by atoms with Gasteiger partial charge in [-0.1, -0.05) is 19.1 Å². The number of aliphatic carboxylic acids is 1. The number of aryl methyl sites for hydroxylation is 1. The highest BCUT2D eigenvalue weighted by atomic mass is 16.4. The van der Waals surface area contributed by atoms with E-state index in [2.05, 4.69) is 21.7 Å². The molecule has 5 nitrogen and oxygen atoms in total. The van der Waals surface area contributed by atoms with E-state index in [9.17, 15) is 9.90 Å². The summed E-state index contributed by atoms with van der Waals surface area (Å²) in [4.78, 5) is 11.3. The van der Waals surface area contributed by atoms with Crippen LogP contribution in [-0.4, -0.2) is 25.8 Å². The maximum absolute atomic E-state index is 11.3. The highest BCUT2D eigenvalue weighted by Gasteiger charge is 2.33. The van der Waals surface area contributed by atoms with E-state index in [4.69, 9.17) is 0 Å². The molecular formula is C13H19N3O2. The van der Waals surface area contributed by atoms with Gasteiger partial charge in [-0.05, 0) is 26.2 Å². The van der Waals surface area contributed by atoms with Gasteiger partial charge in [0.2, 0.25) is 0 Å². The van der Waals surface area contributed by atoms with Crippen molar-refractivity contribution in [1.29, 1.82) is 0 Å². The molecule has 1 aliphatic rings. The van der Waals surface area contributed by atoms with Gasteiger partial charge in [0.1, 0.15) is 11.6 Å². The van der Waals surface area contributed by atoms with Crippen LogP contribution in [-0.2, 0) is 11.3 Å². The van der Waals surface area contributed by atoms with Crippen molar-refractivity contribution >= 4 is 5.97 Å². The summed E-state index contributed by atoms with van der Waals surface area (Å²) in [6.45, 7) is 4.86. The number of allylic oxidation sites excluding steroid dienone is 2. The van der Waals surface area contributed by atoms with E-state index in [1.54, 1.807) is 0 Å². The Kier molecular flexibility index (Phi) is 3.79. The van der Waals surface area contributed by atoms with Gasteiger partial charge >= 0.3 is 5.97 Å². The molecular weight excluding hydrogens is 230 g/mol. The molecule has 1 aromatic heterocycles. The molecule has 0 saturated heterocycles. The normalized spacial score (nSPS) is 23.2. The number of carboxylic acid groups (broad SMARTS) is 1. The summed E-state index contributed by atoms with van der Waals surface area (Å²) in [7, 11) is 0. The Labute approximate surface area is 107 Å². The van der Waals surface area contributed by atoms with E-state index in [1.807, 2.05) is 19.1 Å². The van der Waals surface area contributed by atoms with Crippen molar-refractivity contribution in [2.45, 2.75) is 45.6 Å².